The number of amides is 2. The molecule has 118 valence electrons. The quantitative estimate of drug-likeness (QED) is 0.820. The highest BCUT2D eigenvalue weighted by molar-refractivity contribution is 6.10. The van der Waals surface area contributed by atoms with Crippen LogP contribution in [0.2, 0.25) is 0 Å². The highest BCUT2D eigenvalue weighted by atomic mass is 16.4. The second-order valence-corrected chi connectivity index (χ2v) is 5.67. The van der Waals surface area contributed by atoms with Crippen molar-refractivity contribution in [2.24, 2.45) is 5.92 Å². The summed E-state index contributed by atoms with van der Waals surface area (Å²) in [6.07, 6.45) is 0.393. The van der Waals surface area contributed by atoms with E-state index in [2.05, 4.69) is 5.32 Å². The van der Waals surface area contributed by atoms with E-state index in [1.807, 2.05) is 32.0 Å². The van der Waals surface area contributed by atoms with Crippen LogP contribution < -0.4 is 10.2 Å². The number of hydrogen-bond acceptors (Lipinski definition) is 3. The van der Waals surface area contributed by atoms with E-state index in [1.54, 1.807) is 4.90 Å². The summed E-state index contributed by atoms with van der Waals surface area (Å²) in [4.78, 5) is 36.8. The number of benzene rings is 1. The second-order valence-electron chi connectivity index (χ2n) is 5.67. The van der Waals surface area contributed by atoms with Crippen LogP contribution in [-0.2, 0) is 14.4 Å². The molecule has 0 spiro atoms. The standard InChI is InChI=1S/C16H20N2O4/c1-9-4-5-12(8-10(9)2)18-7-6-13(15(18)20)14(19)17-11(3)16(21)22/h4-5,8,11,13H,6-7H2,1-3H3,(H,17,19)(H,21,22)/t11-,13?/m0/s1. The van der Waals surface area contributed by atoms with E-state index in [0.717, 1.165) is 16.8 Å². The van der Waals surface area contributed by atoms with Gasteiger partial charge in [-0.25, -0.2) is 0 Å². The number of nitrogens with one attached hydrogen (secondary N) is 1. The molecule has 6 nitrogen and oxygen atoms in total. The largest absolute Gasteiger partial charge is 0.480 e. The van der Waals surface area contributed by atoms with Gasteiger partial charge in [0.1, 0.15) is 12.0 Å². The van der Waals surface area contributed by atoms with E-state index < -0.39 is 23.8 Å². The lowest BCUT2D eigenvalue weighted by atomic mass is 10.1. The number of anilines is 1. The minimum atomic E-state index is -1.12. The molecule has 1 heterocycles. The van der Waals surface area contributed by atoms with Gasteiger partial charge in [-0.2, -0.15) is 0 Å². The molecule has 1 unspecified atom stereocenters. The number of carboxylic acids is 1. The summed E-state index contributed by atoms with van der Waals surface area (Å²) in [6.45, 7) is 5.80. The Kier molecular flexibility index (Phi) is 4.49. The van der Waals surface area contributed by atoms with Crippen molar-refractivity contribution in [2.75, 3.05) is 11.4 Å². The first-order valence-corrected chi connectivity index (χ1v) is 7.23. The Morgan fingerprint density at radius 2 is 2.00 bits per heavy atom. The molecule has 0 aliphatic carbocycles. The zero-order valence-electron chi connectivity index (χ0n) is 12.9. The van der Waals surface area contributed by atoms with Gasteiger partial charge < -0.3 is 15.3 Å². The molecule has 1 aromatic carbocycles. The van der Waals surface area contributed by atoms with Crippen LogP contribution in [0.3, 0.4) is 0 Å². The predicted molar refractivity (Wildman–Crippen MR) is 81.6 cm³/mol. The van der Waals surface area contributed by atoms with Gasteiger partial charge in [-0.15, -0.1) is 0 Å². The van der Waals surface area contributed by atoms with Gasteiger partial charge in [0.2, 0.25) is 11.8 Å². The lowest BCUT2D eigenvalue weighted by Gasteiger charge is -2.18. The number of aryl methyl sites for hydroxylation is 2. The highest BCUT2D eigenvalue weighted by Gasteiger charge is 2.38. The van der Waals surface area contributed by atoms with Gasteiger partial charge in [-0.3, -0.25) is 14.4 Å². The van der Waals surface area contributed by atoms with E-state index in [4.69, 9.17) is 5.11 Å². The van der Waals surface area contributed by atoms with Crippen LogP contribution in [0, 0.1) is 19.8 Å². The van der Waals surface area contributed by atoms with Gasteiger partial charge >= 0.3 is 5.97 Å². The molecule has 2 rings (SSSR count). The monoisotopic (exact) mass is 304 g/mol. The molecule has 2 atom stereocenters. The average molecular weight is 304 g/mol. The van der Waals surface area contributed by atoms with E-state index >= 15 is 0 Å². The van der Waals surface area contributed by atoms with Gasteiger partial charge in [0.05, 0.1) is 0 Å². The van der Waals surface area contributed by atoms with Crippen LogP contribution in [-0.4, -0.2) is 35.5 Å². The highest BCUT2D eigenvalue weighted by Crippen LogP contribution is 2.27. The third-order valence-electron chi connectivity index (χ3n) is 4.05. The molecule has 0 bridgehead atoms. The molecule has 6 heteroatoms. The Labute approximate surface area is 129 Å². The van der Waals surface area contributed by atoms with E-state index in [-0.39, 0.29) is 5.91 Å². The van der Waals surface area contributed by atoms with Crippen LogP contribution in [0.4, 0.5) is 5.69 Å². The fraction of sp³-hybridized carbons (Fsp3) is 0.438. The van der Waals surface area contributed by atoms with Crippen molar-refractivity contribution >= 4 is 23.5 Å². The number of hydrogen-bond donors (Lipinski definition) is 2. The maximum Gasteiger partial charge on any atom is 0.325 e. The maximum absolute atomic E-state index is 12.4. The molecule has 22 heavy (non-hydrogen) atoms. The molecule has 2 amide bonds. The van der Waals surface area contributed by atoms with Crippen LogP contribution in [0.15, 0.2) is 18.2 Å². The van der Waals surface area contributed by atoms with Gasteiger partial charge in [-0.05, 0) is 50.5 Å². The summed E-state index contributed by atoms with van der Waals surface area (Å²) in [5, 5.41) is 11.2. The molecule has 0 radical (unpaired) electrons. The summed E-state index contributed by atoms with van der Waals surface area (Å²) in [6, 6.07) is 4.72. The van der Waals surface area contributed by atoms with E-state index in [9.17, 15) is 14.4 Å². The number of aliphatic carboxylic acids is 1. The van der Waals surface area contributed by atoms with Crippen LogP contribution in [0.1, 0.15) is 24.5 Å². The van der Waals surface area contributed by atoms with Crippen LogP contribution in [0.5, 0.6) is 0 Å². The normalized spacial score (nSPS) is 19.1. The van der Waals surface area contributed by atoms with Gasteiger partial charge in [0.15, 0.2) is 0 Å². The molecule has 1 aliphatic heterocycles. The number of carbonyl (C=O) groups is 3. The van der Waals surface area contributed by atoms with Gasteiger partial charge in [-0.1, -0.05) is 6.07 Å². The van der Waals surface area contributed by atoms with Crippen LogP contribution >= 0.6 is 0 Å². The first kappa shape index (κ1) is 16.0. The van der Waals surface area contributed by atoms with Crippen molar-refractivity contribution in [3.8, 4) is 0 Å². The minimum absolute atomic E-state index is 0.279. The molecule has 1 saturated heterocycles. The number of nitrogens with zero attached hydrogens (tertiary/aromatic N) is 1. The molecule has 1 aromatic rings. The third-order valence-corrected chi connectivity index (χ3v) is 4.05. The molecule has 2 N–H and O–H groups in total. The van der Waals surface area contributed by atoms with Crippen LogP contribution in [0.25, 0.3) is 0 Å². The second kappa shape index (κ2) is 6.17. The van der Waals surface area contributed by atoms with Crippen molar-refractivity contribution in [1.82, 2.24) is 5.32 Å². The van der Waals surface area contributed by atoms with Crippen molar-refractivity contribution in [3.63, 3.8) is 0 Å². The van der Waals surface area contributed by atoms with Crippen molar-refractivity contribution in [1.29, 1.82) is 0 Å². The Morgan fingerprint density at radius 1 is 1.32 bits per heavy atom. The molecular weight excluding hydrogens is 284 g/mol. The lowest BCUT2D eigenvalue weighted by molar-refractivity contribution is -0.143. The first-order chi connectivity index (χ1) is 10.3. The van der Waals surface area contributed by atoms with Crippen molar-refractivity contribution in [3.05, 3.63) is 29.3 Å². The Morgan fingerprint density at radius 3 is 2.59 bits per heavy atom. The summed E-state index contributed by atoms with van der Waals surface area (Å²) in [5.41, 5.74) is 2.99. The van der Waals surface area contributed by atoms with Gasteiger partial charge in [0, 0.05) is 12.2 Å². The minimum Gasteiger partial charge on any atom is -0.480 e. The molecule has 0 aromatic heterocycles. The number of carboxylic acid groups (broad SMARTS) is 1. The maximum atomic E-state index is 12.4. The van der Waals surface area contributed by atoms with Crippen molar-refractivity contribution < 1.29 is 19.5 Å². The topological polar surface area (TPSA) is 86.7 Å². The summed E-state index contributed by atoms with van der Waals surface area (Å²) >= 11 is 0. The fourth-order valence-electron chi connectivity index (χ4n) is 2.45. The lowest BCUT2D eigenvalue weighted by Crippen LogP contribution is -2.44. The van der Waals surface area contributed by atoms with E-state index in [0.29, 0.717) is 13.0 Å². The molecular formula is C16H20N2O4. The number of carbonyl (C=O) groups excluding carboxylic acids is 2. The van der Waals surface area contributed by atoms with Crippen molar-refractivity contribution in [2.45, 2.75) is 33.2 Å². The number of rotatable bonds is 4. The van der Waals surface area contributed by atoms with Gasteiger partial charge in [0.25, 0.3) is 0 Å². The zero-order chi connectivity index (χ0) is 16.4. The summed E-state index contributed by atoms with van der Waals surface area (Å²) < 4.78 is 0. The Bertz CT molecular complexity index is 627. The molecule has 1 fully saturated rings. The summed E-state index contributed by atoms with van der Waals surface area (Å²) in [5.74, 6) is -2.74. The molecule has 1 aliphatic rings. The average Bonchev–Trinajstić information content (AvgIpc) is 2.83. The Balaban J connectivity index is 2.10. The Hall–Kier alpha value is -2.37. The third kappa shape index (κ3) is 3.10. The smallest absolute Gasteiger partial charge is 0.325 e. The molecule has 0 saturated carbocycles. The first-order valence-electron chi connectivity index (χ1n) is 7.23. The van der Waals surface area contributed by atoms with E-state index in [1.165, 1.54) is 6.92 Å². The fourth-order valence-corrected chi connectivity index (χ4v) is 2.45. The summed E-state index contributed by atoms with van der Waals surface area (Å²) in [7, 11) is 0. The predicted octanol–water partition coefficient (Wildman–Crippen LogP) is 1.25. The zero-order valence-corrected chi connectivity index (χ0v) is 12.9. The SMILES string of the molecule is Cc1ccc(N2CCC(C(=O)N[C@@H](C)C(=O)O)C2=O)cc1C.